The first-order chi connectivity index (χ1) is 10.0. The van der Waals surface area contributed by atoms with Gasteiger partial charge in [0.25, 0.3) is 5.91 Å². The van der Waals surface area contributed by atoms with Crippen LogP contribution < -0.4 is 10.1 Å². The predicted molar refractivity (Wildman–Crippen MR) is 85.6 cm³/mol. The first kappa shape index (κ1) is 16.0. The summed E-state index contributed by atoms with van der Waals surface area (Å²) in [5.41, 5.74) is 1.14. The maximum absolute atomic E-state index is 12.2. The van der Waals surface area contributed by atoms with E-state index in [0.29, 0.717) is 26.4 Å². The molecule has 0 atom stereocenters. The van der Waals surface area contributed by atoms with Crippen LogP contribution >= 0.6 is 34.8 Å². The van der Waals surface area contributed by atoms with E-state index in [0.717, 1.165) is 5.56 Å². The van der Waals surface area contributed by atoms with E-state index in [2.05, 4.69) is 5.32 Å². The molecule has 0 fully saturated rings. The monoisotopic (exact) mass is 343 g/mol. The number of amides is 1. The number of halogens is 3. The molecular weight excluding hydrogens is 333 g/mol. The van der Waals surface area contributed by atoms with Gasteiger partial charge in [0.05, 0.1) is 12.7 Å². The maximum atomic E-state index is 12.2. The van der Waals surface area contributed by atoms with E-state index >= 15 is 0 Å². The lowest BCUT2D eigenvalue weighted by Gasteiger charge is -2.10. The van der Waals surface area contributed by atoms with Gasteiger partial charge >= 0.3 is 0 Å². The number of ether oxygens (including phenoxy) is 1. The van der Waals surface area contributed by atoms with E-state index in [1.54, 1.807) is 36.4 Å². The number of methoxy groups -OCH3 is 1. The molecule has 2 aromatic carbocycles. The van der Waals surface area contributed by atoms with Crippen molar-refractivity contribution in [3.8, 4) is 5.75 Å². The van der Waals surface area contributed by atoms with Crippen molar-refractivity contribution in [2.45, 2.75) is 6.54 Å². The van der Waals surface area contributed by atoms with Crippen molar-refractivity contribution in [1.29, 1.82) is 0 Å². The zero-order valence-electron chi connectivity index (χ0n) is 11.1. The molecule has 21 heavy (non-hydrogen) atoms. The highest BCUT2D eigenvalue weighted by atomic mass is 35.5. The van der Waals surface area contributed by atoms with Gasteiger partial charge in [-0.2, -0.15) is 0 Å². The van der Waals surface area contributed by atoms with Gasteiger partial charge in [-0.15, -0.1) is 0 Å². The fraction of sp³-hybridized carbons (Fsp3) is 0.133. The molecule has 0 heterocycles. The lowest BCUT2D eigenvalue weighted by molar-refractivity contribution is 0.0948. The van der Waals surface area contributed by atoms with Gasteiger partial charge in [-0.05, 0) is 35.9 Å². The Balaban J connectivity index is 2.13. The minimum atomic E-state index is -0.291. The van der Waals surface area contributed by atoms with Crippen LogP contribution in [0.2, 0.25) is 15.1 Å². The van der Waals surface area contributed by atoms with Crippen LogP contribution in [0.5, 0.6) is 5.75 Å². The number of carbonyl (C=O) groups is 1. The minimum absolute atomic E-state index is 0.282. The molecule has 0 aliphatic rings. The predicted octanol–water partition coefficient (Wildman–Crippen LogP) is 4.59. The molecule has 0 bridgehead atoms. The normalized spacial score (nSPS) is 10.3. The van der Waals surface area contributed by atoms with Crippen molar-refractivity contribution >= 4 is 40.7 Å². The summed E-state index contributed by atoms with van der Waals surface area (Å²) in [6.07, 6.45) is 0. The average Bonchev–Trinajstić information content (AvgIpc) is 2.46. The fourth-order valence-corrected chi connectivity index (χ4v) is 2.44. The summed E-state index contributed by atoms with van der Waals surface area (Å²) in [7, 11) is 1.50. The zero-order chi connectivity index (χ0) is 15.4. The Labute approximate surface area is 137 Å². The van der Waals surface area contributed by atoms with Crippen molar-refractivity contribution in [1.82, 2.24) is 5.32 Å². The summed E-state index contributed by atoms with van der Waals surface area (Å²) >= 11 is 17.8. The number of carbonyl (C=O) groups excluding carboxylic acids is 1. The summed E-state index contributed by atoms with van der Waals surface area (Å²) in [5, 5.41) is 4.28. The molecule has 2 rings (SSSR count). The van der Waals surface area contributed by atoms with Crippen LogP contribution in [-0.4, -0.2) is 13.0 Å². The Kier molecular flexibility index (Phi) is 5.34. The molecule has 110 valence electrons. The molecule has 0 radical (unpaired) electrons. The molecule has 0 spiro atoms. The highest BCUT2D eigenvalue weighted by Gasteiger charge is 2.13. The first-order valence-corrected chi connectivity index (χ1v) is 7.20. The van der Waals surface area contributed by atoms with Crippen LogP contribution in [0.4, 0.5) is 0 Å². The third-order valence-corrected chi connectivity index (χ3v) is 3.68. The van der Waals surface area contributed by atoms with Crippen LogP contribution in [0.3, 0.4) is 0 Å². The van der Waals surface area contributed by atoms with Crippen LogP contribution in [0.25, 0.3) is 0 Å². The minimum Gasteiger partial charge on any atom is -0.496 e. The Hall–Kier alpha value is -1.42. The second-order valence-corrected chi connectivity index (χ2v) is 5.54. The number of hydrogen-bond acceptors (Lipinski definition) is 2. The quantitative estimate of drug-likeness (QED) is 0.881. The molecule has 0 unspecified atom stereocenters. The largest absolute Gasteiger partial charge is 0.496 e. The van der Waals surface area contributed by atoms with Crippen molar-refractivity contribution in [3.05, 3.63) is 62.6 Å². The van der Waals surface area contributed by atoms with E-state index in [9.17, 15) is 4.79 Å². The SMILES string of the molecule is COc1ccc(Cl)cc1C(=O)NCc1ccc(Cl)cc1Cl. The maximum Gasteiger partial charge on any atom is 0.255 e. The molecule has 0 aromatic heterocycles. The average molecular weight is 345 g/mol. The smallest absolute Gasteiger partial charge is 0.255 e. The van der Waals surface area contributed by atoms with Crippen LogP contribution in [0.15, 0.2) is 36.4 Å². The third-order valence-electron chi connectivity index (χ3n) is 2.86. The summed E-state index contributed by atoms with van der Waals surface area (Å²) in [6.45, 7) is 0.282. The first-order valence-electron chi connectivity index (χ1n) is 6.07. The third kappa shape index (κ3) is 4.03. The number of benzene rings is 2. The molecule has 2 aromatic rings. The topological polar surface area (TPSA) is 38.3 Å². The van der Waals surface area contributed by atoms with Gasteiger partial charge in [0.15, 0.2) is 0 Å². The number of nitrogens with one attached hydrogen (secondary N) is 1. The second kappa shape index (κ2) is 7.03. The molecule has 1 amide bonds. The van der Waals surface area contributed by atoms with E-state index in [4.69, 9.17) is 39.5 Å². The highest BCUT2D eigenvalue weighted by molar-refractivity contribution is 6.35. The molecule has 0 saturated heterocycles. The van der Waals surface area contributed by atoms with Crippen molar-refractivity contribution in [3.63, 3.8) is 0 Å². The van der Waals surface area contributed by atoms with E-state index in [1.165, 1.54) is 7.11 Å². The van der Waals surface area contributed by atoms with Crippen molar-refractivity contribution < 1.29 is 9.53 Å². The van der Waals surface area contributed by atoms with Gasteiger partial charge < -0.3 is 10.1 Å². The van der Waals surface area contributed by atoms with Gasteiger partial charge in [0, 0.05) is 21.6 Å². The molecule has 0 saturated carbocycles. The van der Waals surface area contributed by atoms with E-state index in [1.807, 2.05) is 0 Å². The summed E-state index contributed by atoms with van der Waals surface area (Å²) in [4.78, 5) is 12.2. The summed E-state index contributed by atoms with van der Waals surface area (Å²) in [6, 6.07) is 9.97. The summed E-state index contributed by atoms with van der Waals surface area (Å²) < 4.78 is 5.15. The number of rotatable bonds is 4. The lowest BCUT2D eigenvalue weighted by atomic mass is 10.1. The Morgan fingerprint density at radius 1 is 1.10 bits per heavy atom. The molecular formula is C15H12Cl3NO2. The number of hydrogen-bond donors (Lipinski definition) is 1. The van der Waals surface area contributed by atoms with Crippen LogP contribution in [-0.2, 0) is 6.54 Å². The molecule has 0 aliphatic carbocycles. The fourth-order valence-electron chi connectivity index (χ4n) is 1.79. The van der Waals surface area contributed by atoms with Gasteiger partial charge in [-0.3, -0.25) is 4.79 Å². The van der Waals surface area contributed by atoms with Crippen LogP contribution in [0, 0.1) is 0 Å². The Morgan fingerprint density at radius 3 is 2.43 bits per heavy atom. The molecule has 1 N–H and O–H groups in total. The second-order valence-electron chi connectivity index (χ2n) is 4.26. The van der Waals surface area contributed by atoms with Gasteiger partial charge in [-0.1, -0.05) is 40.9 Å². The van der Waals surface area contributed by atoms with Gasteiger partial charge in [0.1, 0.15) is 5.75 Å². The van der Waals surface area contributed by atoms with E-state index in [-0.39, 0.29) is 12.5 Å². The van der Waals surface area contributed by atoms with Crippen molar-refractivity contribution in [2.75, 3.05) is 7.11 Å². The van der Waals surface area contributed by atoms with Crippen LogP contribution in [0.1, 0.15) is 15.9 Å². The van der Waals surface area contributed by atoms with Gasteiger partial charge in [-0.25, -0.2) is 0 Å². The molecule has 6 heteroatoms. The standard InChI is InChI=1S/C15H12Cl3NO2/c1-21-14-5-4-10(16)6-12(14)15(20)19-8-9-2-3-11(17)7-13(9)18/h2-7H,8H2,1H3,(H,19,20). The Bertz CT molecular complexity index is 674. The Morgan fingerprint density at radius 2 is 1.76 bits per heavy atom. The zero-order valence-corrected chi connectivity index (χ0v) is 13.4. The highest BCUT2D eigenvalue weighted by Crippen LogP contribution is 2.23. The van der Waals surface area contributed by atoms with E-state index < -0.39 is 0 Å². The molecule has 0 aliphatic heterocycles. The summed E-state index contributed by atoms with van der Waals surface area (Å²) in [5.74, 6) is 0.166. The van der Waals surface area contributed by atoms with Gasteiger partial charge in [0.2, 0.25) is 0 Å². The lowest BCUT2D eigenvalue weighted by Crippen LogP contribution is -2.23. The van der Waals surface area contributed by atoms with Crippen molar-refractivity contribution in [2.24, 2.45) is 0 Å². The molecule has 3 nitrogen and oxygen atoms in total.